The number of hydrogen-bond acceptors (Lipinski definition) is 2. The minimum absolute atomic E-state index is 0.000630. The fourth-order valence-electron chi connectivity index (χ4n) is 2.07. The Labute approximate surface area is 90.8 Å². The average molecular weight is 203 g/mol. The average Bonchev–Trinajstić information content (AvgIpc) is 2.24. The normalized spacial score (nSPS) is 18.5. The van der Waals surface area contributed by atoms with Crippen LogP contribution in [0.5, 0.6) is 5.75 Å². The van der Waals surface area contributed by atoms with Gasteiger partial charge in [0.15, 0.2) is 0 Å². The molecule has 1 aromatic rings. The molecule has 0 aromatic heterocycles. The zero-order valence-corrected chi connectivity index (χ0v) is 9.55. The summed E-state index contributed by atoms with van der Waals surface area (Å²) in [5, 5.41) is 8.19. The summed E-state index contributed by atoms with van der Waals surface area (Å²) in [6.45, 7) is 4.27. The lowest BCUT2D eigenvalue weighted by atomic mass is 9.73. The Hall–Kier alpha value is -1.31. The molecule has 2 nitrogen and oxygen atoms in total. The van der Waals surface area contributed by atoms with Crippen molar-refractivity contribution in [2.24, 2.45) is 5.41 Å². The summed E-state index contributed by atoms with van der Waals surface area (Å²) in [5.41, 5.74) is 3.08. The minimum atomic E-state index is -0.000630. The summed E-state index contributed by atoms with van der Waals surface area (Å²) in [6.07, 6.45) is 2.12. The van der Waals surface area contributed by atoms with Crippen LogP contribution >= 0.6 is 0 Å². The summed E-state index contributed by atoms with van der Waals surface area (Å²) < 4.78 is 5.20. The Morgan fingerprint density at radius 3 is 2.73 bits per heavy atom. The molecule has 0 fully saturated rings. The van der Waals surface area contributed by atoms with Crippen molar-refractivity contribution in [1.82, 2.24) is 0 Å². The Morgan fingerprint density at radius 1 is 1.33 bits per heavy atom. The van der Waals surface area contributed by atoms with Crippen molar-refractivity contribution in [3.63, 3.8) is 0 Å². The molecule has 0 radical (unpaired) electrons. The topological polar surface area (TPSA) is 33.1 Å². The summed E-state index contributed by atoms with van der Waals surface area (Å²) >= 11 is 0. The molecular formula is C13H17NO. The molecule has 1 aliphatic rings. The molecule has 0 amide bonds. The largest absolute Gasteiger partial charge is 0.497 e. The second kappa shape index (κ2) is 3.37. The van der Waals surface area contributed by atoms with E-state index in [4.69, 9.17) is 10.1 Å². The maximum absolute atomic E-state index is 8.19. The van der Waals surface area contributed by atoms with Crippen LogP contribution in [0.4, 0.5) is 0 Å². The van der Waals surface area contributed by atoms with E-state index in [1.54, 1.807) is 7.11 Å². The number of ether oxygens (including phenoxy) is 1. The molecular weight excluding hydrogens is 186 g/mol. The van der Waals surface area contributed by atoms with Crippen molar-refractivity contribution in [2.45, 2.75) is 26.7 Å². The molecule has 0 heterocycles. The Kier molecular flexibility index (Phi) is 2.29. The van der Waals surface area contributed by atoms with Crippen LogP contribution < -0.4 is 4.74 Å². The number of nitrogens with one attached hydrogen (secondary N) is 1. The first-order valence-corrected chi connectivity index (χ1v) is 5.31. The Bertz CT molecular complexity index is 407. The molecule has 1 N–H and O–H groups in total. The van der Waals surface area contributed by atoms with Crippen LogP contribution in [0, 0.1) is 10.8 Å². The predicted octanol–water partition coefficient (Wildman–Crippen LogP) is 3.04. The van der Waals surface area contributed by atoms with Gasteiger partial charge in [0.25, 0.3) is 0 Å². The van der Waals surface area contributed by atoms with Gasteiger partial charge in [-0.3, -0.25) is 0 Å². The number of benzene rings is 1. The van der Waals surface area contributed by atoms with Crippen molar-refractivity contribution in [1.29, 1.82) is 5.41 Å². The molecule has 0 saturated heterocycles. The fourth-order valence-corrected chi connectivity index (χ4v) is 2.07. The molecule has 0 aliphatic heterocycles. The molecule has 0 bridgehead atoms. The van der Waals surface area contributed by atoms with E-state index in [1.165, 1.54) is 5.56 Å². The van der Waals surface area contributed by atoms with Gasteiger partial charge in [0.2, 0.25) is 0 Å². The van der Waals surface area contributed by atoms with Gasteiger partial charge >= 0.3 is 0 Å². The molecule has 2 heteroatoms. The van der Waals surface area contributed by atoms with Gasteiger partial charge in [0, 0.05) is 16.7 Å². The lowest BCUT2D eigenvalue weighted by molar-refractivity contribution is 0.413. The molecule has 1 aliphatic carbocycles. The summed E-state index contributed by atoms with van der Waals surface area (Å²) in [5.74, 6) is 0.844. The van der Waals surface area contributed by atoms with Crippen molar-refractivity contribution in [3.05, 3.63) is 29.3 Å². The van der Waals surface area contributed by atoms with Gasteiger partial charge in [-0.25, -0.2) is 0 Å². The number of rotatable bonds is 1. The summed E-state index contributed by atoms with van der Waals surface area (Å²) in [6, 6.07) is 6.04. The van der Waals surface area contributed by atoms with Crippen LogP contribution in [-0.4, -0.2) is 12.8 Å². The zero-order valence-electron chi connectivity index (χ0n) is 9.55. The second-order valence-corrected chi connectivity index (χ2v) is 4.78. The number of fused-ring (bicyclic) bond motifs is 1. The van der Waals surface area contributed by atoms with Crippen molar-refractivity contribution in [3.8, 4) is 5.75 Å². The van der Waals surface area contributed by atoms with E-state index in [2.05, 4.69) is 19.9 Å². The van der Waals surface area contributed by atoms with Crippen LogP contribution in [0.25, 0.3) is 0 Å². The van der Waals surface area contributed by atoms with Gasteiger partial charge in [-0.05, 0) is 30.5 Å². The number of methoxy groups -OCH3 is 1. The molecule has 1 aromatic carbocycles. The highest BCUT2D eigenvalue weighted by molar-refractivity contribution is 6.04. The van der Waals surface area contributed by atoms with Crippen molar-refractivity contribution >= 4 is 5.71 Å². The second-order valence-electron chi connectivity index (χ2n) is 4.78. The first-order chi connectivity index (χ1) is 7.04. The van der Waals surface area contributed by atoms with E-state index in [1.807, 2.05) is 12.1 Å². The molecule has 15 heavy (non-hydrogen) atoms. The predicted molar refractivity (Wildman–Crippen MR) is 61.9 cm³/mol. The highest BCUT2D eigenvalue weighted by atomic mass is 16.5. The molecule has 0 atom stereocenters. The standard InChI is InChI=1S/C13H17NO/c1-13(2)7-6-9-4-5-10(15-3)8-11(9)12(13)14/h4-5,8,14H,6-7H2,1-3H3. The Balaban J connectivity index is 2.49. The number of hydrogen-bond donors (Lipinski definition) is 1. The molecule has 2 rings (SSSR count). The van der Waals surface area contributed by atoms with Gasteiger partial charge < -0.3 is 10.1 Å². The van der Waals surface area contributed by atoms with Gasteiger partial charge in [-0.2, -0.15) is 0 Å². The third-order valence-electron chi connectivity index (χ3n) is 3.28. The smallest absolute Gasteiger partial charge is 0.119 e. The van der Waals surface area contributed by atoms with Gasteiger partial charge in [-0.15, -0.1) is 0 Å². The van der Waals surface area contributed by atoms with E-state index < -0.39 is 0 Å². The first kappa shape index (κ1) is 10.2. The third-order valence-corrected chi connectivity index (χ3v) is 3.28. The molecule has 0 unspecified atom stereocenters. The highest BCUT2D eigenvalue weighted by Crippen LogP contribution is 2.35. The van der Waals surface area contributed by atoms with Crippen LogP contribution in [-0.2, 0) is 6.42 Å². The van der Waals surface area contributed by atoms with Crippen LogP contribution in [0.3, 0.4) is 0 Å². The highest BCUT2D eigenvalue weighted by Gasteiger charge is 2.30. The first-order valence-electron chi connectivity index (χ1n) is 5.31. The SMILES string of the molecule is COc1ccc2c(c1)C(=N)C(C)(C)CC2. The van der Waals surface area contributed by atoms with Crippen molar-refractivity contribution < 1.29 is 4.74 Å². The Morgan fingerprint density at radius 2 is 2.07 bits per heavy atom. The summed E-state index contributed by atoms with van der Waals surface area (Å²) in [7, 11) is 1.67. The van der Waals surface area contributed by atoms with Gasteiger partial charge in [0.1, 0.15) is 5.75 Å². The third kappa shape index (κ3) is 1.65. The van der Waals surface area contributed by atoms with E-state index >= 15 is 0 Å². The van der Waals surface area contributed by atoms with Crippen LogP contribution in [0.1, 0.15) is 31.4 Å². The fraction of sp³-hybridized carbons (Fsp3) is 0.462. The maximum atomic E-state index is 8.19. The van der Waals surface area contributed by atoms with Crippen LogP contribution in [0.15, 0.2) is 18.2 Å². The zero-order chi connectivity index (χ0) is 11.1. The number of aryl methyl sites for hydroxylation is 1. The monoisotopic (exact) mass is 203 g/mol. The maximum Gasteiger partial charge on any atom is 0.119 e. The quantitative estimate of drug-likeness (QED) is 0.747. The van der Waals surface area contributed by atoms with Crippen molar-refractivity contribution in [2.75, 3.05) is 7.11 Å². The lowest BCUT2D eigenvalue weighted by Gasteiger charge is -2.32. The molecule has 80 valence electrons. The minimum Gasteiger partial charge on any atom is -0.497 e. The lowest BCUT2D eigenvalue weighted by Crippen LogP contribution is -2.30. The van der Waals surface area contributed by atoms with Crippen LogP contribution in [0.2, 0.25) is 0 Å². The molecule has 0 spiro atoms. The molecule has 0 saturated carbocycles. The van der Waals surface area contributed by atoms with E-state index in [9.17, 15) is 0 Å². The van der Waals surface area contributed by atoms with E-state index in [-0.39, 0.29) is 5.41 Å². The van der Waals surface area contributed by atoms with Gasteiger partial charge in [0.05, 0.1) is 7.11 Å². The summed E-state index contributed by atoms with van der Waals surface area (Å²) in [4.78, 5) is 0. The van der Waals surface area contributed by atoms with E-state index in [0.717, 1.165) is 29.9 Å². The van der Waals surface area contributed by atoms with Gasteiger partial charge in [-0.1, -0.05) is 19.9 Å². The van der Waals surface area contributed by atoms with E-state index in [0.29, 0.717) is 0 Å².